The number of esters is 3. The predicted octanol–water partition coefficient (Wildman–Crippen LogP) is 4.75. The minimum absolute atomic E-state index is 0.000713. The monoisotopic (exact) mass is 778 g/mol. The van der Waals surface area contributed by atoms with Crippen LogP contribution >= 0.6 is 0 Å². The summed E-state index contributed by atoms with van der Waals surface area (Å²) in [7, 11) is 6.23. The number of carbonyl (C=O) groups is 3. The maximum absolute atomic E-state index is 15.5. The predicted molar refractivity (Wildman–Crippen MR) is 214 cm³/mol. The van der Waals surface area contributed by atoms with E-state index in [4.69, 9.17) is 18.9 Å². The number of para-hydroxylation sites is 1. The lowest BCUT2D eigenvalue weighted by molar-refractivity contribution is -0.228. The molecule has 12 nitrogen and oxygen atoms in total. The van der Waals surface area contributed by atoms with Crippen LogP contribution in [0.25, 0.3) is 10.9 Å². The number of hydrogen-bond donors (Lipinski definition) is 2. The number of likely N-dealkylation sites (N-methyl/N-ethyl adjacent to an activating group) is 1. The number of fused-ring (bicyclic) bond motifs is 6. The fourth-order valence-corrected chi connectivity index (χ4v) is 12.9. The highest BCUT2D eigenvalue weighted by molar-refractivity contribution is 5.95. The molecule has 5 aliphatic heterocycles. The van der Waals surface area contributed by atoms with E-state index in [1.807, 2.05) is 43.1 Å². The number of ether oxygens (including phenoxy) is 4. The van der Waals surface area contributed by atoms with Crippen LogP contribution in [0.1, 0.15) is 68.8 Å². The van der Waals surface area contributed by atoms with E-state index in [2.05, 4.69) is 52.1 Å². The summed E-state index contributed by atoms with van der Waals surface area (Å²) in [5.74, 6) is -1.34. The van der Waals surface area contributed by atoms with Crippen LogP contribution in [0.3, 0.4) is 0 Å². The molecule has 302 valence electrons. The molecule has 1 aromatic heterocycles. The van der Waals surface area contributed by atoms with Gasteiger partial charge in [-0.05, 0) is 67.0 Å². The second kappa shape index (κ2) is 13.2. The normalized spacial score (nSPS) is 34.9. The van der Waals surface area contributed by atoms with E-state index < -0.39 is 51.9 Å². The molecule has 2 N–H and O–H groups in total. The molecule has 9 atom stereocenters. The molecule has 0 radical (unpaired) electrons. The van der Waals surface area contributed by atoms with Gasteiger partial charge in [-0.1, -0.05) is 55.8 Å². The Kier molecular flexibility index (Phi) is 8.77. The summed E-state index contributed by atoms with van der Waals surface area (Å²) in [5, 5.41) is 14.5. The molecule has 9 rings (SSSR count). The zero-order chi connectivity index (χ0) is 40.2. The van der Waals surface area contributed by atoms with Gasteiger partial charge in [0.1, 0.15) is 11.2 Å². The van der Waals surface area contributed by atoms with Crippen molar-refractivity contribution in [2.75, 3.05) is 59.5 Å². The molecule has 1 spiro atoms. The highest BCUT2D eigenvalue weighted by Crippen LogP contribution is 2.69. The van der Waals surface area contributed by atoms with Gasteiger partial charge in [-0.3, -0.25) is 19.4 Å². The van der Waals surface area contributed by atoms with Crippen molar-refractivity contribution in [3.63, 3.8) is 0 Å². The lowest BCUT2D eigenvalue weighted by Gasteiger charge is -2.63. The molecule has 1 aliphatic carbocycles. The van der Waals surface area contributed by atoms with Crippen molar-refractivity contribution >= 4 is 34.5 Å². The number of aliphatic hydroxyl groups is 1. The first kappa shape index (κ1) is 37.9. The molecule has 2 bridgehead atoms. The third-order valence-electron chi connectivity index (χ3n) is 14.7. The van der Waals surface area contributed by atoms with Crippen LogP contribution in [-0.2, 0) is 46.0 Å². The molecule has 3 aromatic rings. The molecule has 1 saturated carbocycles. The summed E-state index contributed by atoms with van der Waals surface area (Å²) in [6.45, 7) is 9.09. The fourth-order valence-electron chi connectivity index (χ4n) is 12.9. The number of benzene rings is 2. The summed E-state index contributed by atoms with van der Waals surface area (Å²) >= 11 is 0. The number of rotatable bonds is 7. The molecule has 1 unspecified atom stereocenters. The summed E-state index contributed by atoms with van der Waals surface area (Å²) in [6.07, 6.45) is 7.55. The highest BCUT2D eigenvalue weighted by atomic mass is 16.6. The standard InChI is InChI=1S/C45H54N4O8/c1-8-27-19-28-22-44(40(51)55-6,36-31(25-48(23-27)24-28)30-13-10-11-14-33(30)46-36)32-20-29(54-5)21-34-35(32)43-16-18-49-17-12-15-42(9-2,37(43)49)39(57-26(3)50)45(53,41(52)56-7)38(43)47(34)4/h10-15,19-21,28,37-39,46,53H,8-9,16-18,22-25H2,1-7H3/t28-,37-,38+,39+,42+,43+,44-,45-/m0/s1. The van der Waals surface area contributed by atoms with Gasteiger partial charge in [0.05, 0.1) is 27.4 Å². The van der Waals surface area contributed by atoms with Crippen LogP contribution in [-0.4, -0.2) is 116 Å². The second-order valence-corrected chi connectivity index (χ2v) is 17.2. The molecule has 0 amide bonds. The summed E-state index contributed by atoms with van der Waals surface area (Å²) in [4.78, 5) is 53.7. The Morgan fingerprint density at radius 1 is 1.02 bits per heavy atom. The van der Waals surface area contributed by atoms with E-state index in [0.29, 0.717) is 44.6 Å². The van der Waals surface area contributed by atoms with E-state index in [-0.39, 0.29) is 12.0 Å². The Balaban J connectivity index is 1.43. The quantitative estimate of drug-likeness (QED) is 0.196. The van der Waals surface area contributed by atoms with Gasteiger partial charge in [0.15, 0.2) is 6.10 Å². The van der Waals surface area contributed by atoms with Gasteiger partial charge >= 0.3 is 17.9 Å². The van der Waals surface area contributed by atoms with Crippen LogP contribution in [0.2, 0.25) is 0 Å². The first-order valence-electron chi connectivity index (χ1n) is 20.3. The van der Waals surface area contributed by atoms with Crippen molar-refractivity contribution in [3.8, 4) is 5.75 Å². The van der Waals surface area contributed by atoms with Crippen LogP contribution in [0.5, 0.6) is 5.75 Å². The number of methoxy groups -OCH3 is 3. The fraction of sp³-hybridized carbons (Fsp3) is 0.533. The lowest BCUT2D eigenvalue weighted by Crippen LogP contribution is -2.81. The maximum atomic E-state index is 15.5. The number of H-pyrrole nitrogens is 1. The van der Waals surface area contributed by atoms with E-state index in [1.165, 1.54) is 26.7 Å². The topological polar surface area (TPSA) is 134 Å². The third-order valence-corrected chi connectivity index (χ3v) is 14.7. The SMILES string of the molecule is CCC1=C[C@@H]2CN(C1)Cc1c([nH]c3ccccc13)[C@@](C(=O)OC)(c1cc(OC)cc3c1[C@@]14CCN5CC=C[C@@](CC)([C@@H](OC(C)=O)[C@](O)(C(=O)OC)[C@@H]1N3C)[C@H]54)C2. The molecule has 57 heavy (non-hydrogen) atoms. The van der Waals surface area contributed by atoms with Gasteiger partial charge < -0.3 is 33.9 Å². The van der Waals surface area contributed by atoms with Gasteiger partial charge in [-0.25, -0.2) is 4.79 Å². The molecule has 2 fully saturated rings. The van der Waals surface area contributed by atoms with Crippen LogP contribution in [0.15, 0.2) is 60.2 Å². The second-order valence-electron chi connectivity index (χ2n) is 17.2. The van der Waals surface area contributed by atoms with E-state index >= 15 is 4.79 Å². The zero-order valence-corrected chi connectivity index (χ0v) is 34.0. The van der Waals surface area contributed by atoms with E-state index in [0.717, 1.165) is 58.5 Å². The molecule has 2 aromatic carbocycles. The van der Waals surface area contributed by atoms with Crippen LogP contribution in [0.4, 0.5) is 5.69 Å². The van der Waals surface area contributed by atoms with Crippen molar-refractivity contribution < 1.29 is 38.4 Å². The molecule has 12 heteroatoms. The molecular formula is C45H54N4O8. The van der Waals surface area contributed by atoms with Gasteiger partial charge in [-0.2, -0.15) is 0 Å². The zero-order valence-electron chi connectivity index (χ0n) is 34.0. The Morgan fingerprint density at radius 3 is 2.49 bits per heavy atom. The highest BCUT2D eigenvalue weighted by Gasteiger charge is 2.81. The van der Waals surface area contributed by atoms with Gasteiger partial charge in [0.2, 0.25) is 5.60 Å². The van der Waals surface area contributed by atoms with Gasteiger partial charge in [-0.15, -0.1) is 0 Å². The minimum atomic E-state index is -2.32. The summed E-state index contributed by atoms with van der Waals surface area (Å²) < 4.78 is 23.8. The Hall–Kier alpha value is -4.65. The van der Waals surface area contributed by atoms with Gasteiger partial charge in [0, 0.05) is 85.4 Å². The lowest BCUT2D eigenvalue weighted by atomic mass is 9.46. The maximum Gasteiger partial charge on any atom is 0.344 e. The smallest absolute Gasteiger partial charge is 0.344 e. The average molecular weight is 779 g/mol. The van der Waals surface area contributed by atoms with Crippen LogP contribution in [0, 0.1) is 11.3 Å². The summed E-state index contributed by atoms with van der Waals surface area (Å²) in [6, 6.07) is 10.9. The third kappa shape index (κ3) is 4.80. The van der Waals surface area contributed by atoms with E-state index in [1.54, 1.807) is 7.11 Å². The Morgan fingerprint density at radius 2 is 1.79 bits per heavy atom. The number of nitrogens with zero attached hydrogens (tertiary/aromatic N) is 3. The largest absolute Gasteiger partial charge is 0.497 e. The number of aromatic nitrogens is 1. The minimum Gasteiger partial charge on any atom is -0.497 e. The van der Waals surface area contributed by atoms with Crippen LogP contribution < -0.4 is 9.64 Å². The average Bonchev–Trinajstić information content (AvgIpc) is 3.87. The number of nitrogens with one attached hydrogen (secondary N) is 1. The molecule has 1 saturated heterocycles. The van der Waals surface area contributed by atoms with Crippen molar-refractivity contribution in [3.05, 3.63) is 82.6 Å². The first-order valence-corrected chi connectivity index (χ1v) is 20.3. The number of anilines is 1. The number of hydrogen-bond acceptors (Lipinski definition) is 11. The Bertz CT molecular complexity index is 2250. The Labute approximate surface area is 333 Å². The number of aromatic amines is 1. The van der Waals surface area contributed by atoms with Crippen molar-refractivity contribution in [1.29, 1.82) is 0 Å². The molecular weight excluding hydrogens is 725 g/mol. The van der Waals surface area contributed by atoms with Crippen molar-refractivity contribution in [2.45, 2.75) is 87.6 Å². The van der Waals surface area contributed by atoms with Crippen molar-refractivity contribution in [2.24, 2.45) is 11.3 Å². The van der Waals surface area contributed by atoms with Crippen molar-refractivity contribution in [1.82, 2.24) is 14.8 Å². The van der Waals surface area contributed by atoms with E-state index in [9.17, 15) is 14.7 Å². The summed E-state index contributed by atoms with van der Waals surface area (Å²) in [5.41, 5.74) is 0.773. The molecule has 6 aliphatic rings. The molecule has 6 heterocycles. The first-order chi connectivity index (χ1) is 27.4. The van der Waals surface area contributed by atoms with Gasteiger partial charge in [0.25, 0.3) is 0 Å². The number of carbonyl (C=O) groups excluding carboxylic acids is 3.